The molecule has 0 radical (unpaired) electrons. The van der Waals surface area contributed by atoms with Crippen molar-refractivity contribution in [2.24, 2.45) is 11.7 Å². The summed E-state index contributed by atoms with van der Waals surface area (Å²) in [7, 11) is 1.35. The van der Waals surface area contributed by atoms with Crippen LogP contribution in [0, 0.1) is 5.92 Å². The maximum atomic E-state index is 11.4. The van der Waals surface area contributed by atoms with Crippen LogP contribution in [0.1, 0.15) is 20.3 Å². The third-order valence-electron chi connectivity index (χ3n) is 3.63. The van der Waals surface area contributed by atoms with Gasteiger partial charge in [0.05, 0.1) is 13.0 Å². The molecule has 6 nitrogen and oxygen atoms in total. The average molecular weight is 244 g/mol. The smallest absolute Gasteiger partial charge is 0.325 e. The second-order valence-corrected chi connectivity index (χ2v) is 4.73. The van der Waals surface area contributed by atoms with E-state index in [0.29, 0.717) is 13.0 Å². The highest BCUT2D eigenvalue weighted by molar-refractivity contribution is 5.79. The summed E-state index contributed by atoms with van der Waals surface area (Å²) in [5.74, 6) is -1.57. The minimum atomic E-state index is -1.19. The van der Waals surface area contributed by atoms with Crippen molar-refractivity contribution >= 4 is 11.9 Å². The summed E-state index contributed by atoms with van der Waals surface area (Å²) >= 11 is 0. The van der Waals surface area contributed by atoms with E-state index in [1.165, 1.54) is 7.11 Å². The first kappa shape index (κ1) is 13.9. The summed E-state index contributed by atoms with van der Waals surface area (Å²) in [4.78, 5) is 24.3. The number of likely N-dealkylation sites (tertiary alicyclic amines) is 1. The Labute approximate surface area is 101 Å². The van der Waals surface area contributed by atoms with Crippen LogP contribution in [-0.2, 0) is 14.3 Å². The molecule has 3 N–H and O–H groups in total. The van der Waals surface area contributed by atoms with Crippen LogP contribution in [0.25, 0.3) is 0 Å². The predicted octanol–water partition coefficient (Wildman–Crippen LogP) is -0.328. The van der Waals surface area contributed by atoms with Crippen molar-refractivity contribution in [1.29, 1.82) is 0 Å². The highest BCUT2D eigenvalue weighted by Crippen LogP contribution is 2.24. The lowest BCUT2D eigenvalue weighted by Gasteiger charge is -2.29. The second kappa shape index (κ2) is 5.01. The quantitative estimate of drug-likeness (QED) is 0.658. The van der Waals surface area contributed by atoms with Crippen LogP contribution in [0.2, 0.25) is 0 Å². The number of carbonyl (C=O) groups excluding carboxylic acids is 1. The van der Waals surface area contributed by atoms with Crippen molar-refractivity contribution < 1.29 is 19.4 Å². The molecule has 1 fully saturated rings. The second-order valence-electron chi connectivity index (χ2n) is 4.73. The Hall–Kier alpha value is -1.14. The normalized spacial score (nSPS) is 28.7. The first-order chi connectivity index (χ1) is 7.81. The Kier molecular flexibility index (Phi) is 4.11. The molecule has 1 heterocycles. The van der Waals surface area contributed by atoms with Gasteiger partial charge in [-0.1, -0.05) is 6.92 Å². The van der Waals surface area contributed by atoms with Gasteiger partial charge in [-0.25, -0.2) is 0 Å². The first-order valence-electron chi connectivity index (χ1n) is 5.66. The summed E-state index contributed by atoms with van der Waals surface area (Å²) < 4.78 is 4.68. The standard InChI is InChI=1S/C11H20N2O4/c1-7(9(14)17-3)8(2)13-5-4-11(12,6-13)10(15)16/h7-8H,4-6,12H2,1-3H3,(H,15,16). The molecule has 0 amide bonds. The number of carboxylic acid groups (broad SMARTS) is 1. The molecule has 1 aliphatic heterocycles. The van der Waals surface area contributed by atoms with Crippen molar-refractivity contribution in [3.05, 3.63) is 0 Å². The van der Waals surface area contributed by atoms with E-state index in [1.807, 2.05) is 11.8 Å². The summed E-state index contributed by atoms with van der Waals surface area (Å²) in [6.45, 7) is 4.51. The molecule has 0 aromatic carbocycles. The average Bonchev–Trinajstić information content (AvgIpc) is 2.70. The van der Waals surface area contributed by atoms with Gasteiger partial charge in [-0.15, -0.1) is 0 Å². The Balaban J connectivity index is 2.65. The molecule has 17 heavy (non-hydrogen) atoms. The molecule has 1 saturated heterocycles. The number of aliphatic carboxylic acids is 1. The molecule has 3 atom stereocenters. The zero-order valence-corrected chi connectivity index (χ0v) is 10.5. The molecule has 3 unspecified atom stereocenters. The van der Waals surface area contributed by atoms with Crippen LogP contribution >= 0.6 is 0 Å². The van der Waals surface area contributed by atoms with E-state index in [-0.39, 0.29) is 24.5 Å². The van der Waals surface area contributed by atoms with E-state index >= 15 is 0 Å². The highest BCUT2D eigenvalue weighted by atomic mass is 16.5. The van der Waals surface area contributed by atoms with Gasteiger partial charge >= 0.3 is 11.9 Å². The van der Waals surface area contributed by atoms with Crippen molar-refractivity contribution in [3.8, 4) is 0 Å². The molecular weight excluding hydrogens is 224 g/mol. The lowest BCUT2D eigenvalue weighted by atomic mass is 10.00. The Morgan fingerprint density at radius 3 is 2.47 bits per heavy atom. The summed E-state index contributed by atoms with van der Waals surface area (Å²) in [5.41, 5.74) is 4.59. The van der Waals surface area contributed by atoms with E-state index in [9.17, 15) is 9.59 Å². The monoisotopic (exact) mass is 244 g/mol. The van der Waals surface area contributed by atoms with Crippen molar-refractivity contribution in [2.45, 2.75) is 31.8 Å². The minimum Gasteiger partial charge on any atom is -0.480 e. The molecule has 6 heteroatoms. The lowest BCUT2D eigenvalue weighted by molar-refractivity contribution is -0.146. The Morgan fingerprint density at radius 1 is 1.47 bits per heavy atom. The molecule has 1 rings (SSSR count). The number of nitrogens with zero attached hydrogens (tertiary/aromatic N) is 1. The van der Waals surface area contributed by atoms with Crippen LogP contribution in [0.3, 0.4) is 0 Å². The number of methoxy groups -OCH3 is 1. The van der Waals surface area contributed by atoms with E-state index in [2.05, 4.69) is 4.74 Å². The van der Waals surface area contributed by atoms with Gasteiger partial charge in [0, 0.05) is 19.1 Å². The third-order valence-corrected chi connectivity index (χ3v) is 3.63. The zero-order valence-electron chi connectivity index (χ0n) is 10.5. The maximum Gasteiger partial charge on any atom is 0.325 e. The van der Waals surface area contributed by atoms with E-state index in [0.717, 1.165) is 0 Å². The number of ether oxygens (including phenoxy) is 1. The predicted molar refractivity (Wildman–Crippen MR) is 61.4 cm³/mol. The number of carbonyl (C=O) groups is 2. The topological polar surface area (TPSA) is 92.9 Å². The molecule has 0 aliphatic carbocycles. The number of rotatable bonds is 4. The van der Waals surface area contributed by atoms with Crippen LogP contribution in [-0.4, -0.2) is 53.7 Å². The number of esters is 1. The molecular formula is C11H20N2O4. The van der Waals surface area contributed by atoms with Gasteiger partial charge in [0.25, 0.3) is 0 Å². The van der Waals surface area contributed by atoms with Crippen LogP contribution < -0.4 is 5.73 Å². The fourth-order valence-corrected chi connectivity index (χ4v) is 2.08. The van der Waals surface area contributed by atoms with E-state index < -0.39 is 11.5 Å². The number of hydrogen-bond donors (Lipinski definition) is 2. The SMILES string of the molecule is COC(=O)C(C)C(C)N1CCC(N)(C(=O)O)C1. The summed E-state index contributed by atoms with van der Waals surface area (Å²) in [6.07, 6.45) is 0.403. The molecule has 0 bridgehead atoms. The zero-order chi connectivity index (χ0) is 13.2. The van der Waals surface area contributed by atoms with Crippen LogP contribution in [0.4, 0.5) is 0 Å². The number of hydrogen-bond acceptors (Lipinski definition) is 5. The molecule has 0 aromatic rings. The largest absolute Gasteiger partial charge is 0.480 e. The highest BCUT2D eigenvalue weighted by Gasteiger charge is 2.43. The molecule has 98 valence electrons. The molecule has 1 aliphatic rings. The number of carboxylic acids is 1. The first-order valence-corrected chi connectivity index (χ1v) is 5.66. The Morgan fingerprint density at radius 2 is 2.06 bits per heavy atom. The third kappa shape index (κ3) is 2.76. The van der Waals surface area contributed by atoms with Crippen molar-refractivity contribution in [3.63, 3.8) is 0 Å². The van der Waals surface area contributed by atoms with Crippen LogP contribution in [0.15, 0.2) is 0 Å². The fraction of sp³-hybridized carbons (Fsp3) is 0.818. The fourth-order valence-electron chi connectivity index (χ4n) is 2.08. The minimum absolute atomic E-state index is 0.0766. The van der Waals surface area contributed by atoms with Crippen LogP contribution in [0.5, 0.6) is 0 Å². The van der Waals surface area contributed by atoms with E-state index in [4.69, 9.17) is 10.8 Å². The van der Waals surface area contributed by atoms with Gasteiger partial charge in [0.2, 0.25) is 0 Å². The Bertz CT molecular complexity index is 321. The maximum absolute atomic E-state index is 11.4. The lowest BCUT2D eigenvalue weighted by Crippen LogP contribution is -2.51. The van der Waals surface area contributed by atoms with Gasteiger partial charge < -0.3 is 15.6 Å². The molecule has 0 aromatic heterocycles. The van der Waals surface area contributed by atoms with Gasteiger partial charge in [-0.2, -0.15) is 0 Å². The summed E-state index contributed by atoms with van der Waals surface area (Å²) in [5, 5.41) is 9.02. The van der Waals surface area contributed by atoms with Gasteiger partial charge in [0.15, 0.2) is 0 Å². The molecule has 0 spiro atoms. The van der Waals surface area contributed by atoms with Gasteiger partial charge in [-0.3, -0.25) is 14.5 Å². The molecule has 0 saturated carbocycles. The van der Waals surface area contributed by atoms with E-state index in [1.54, 1.807) is 6.92 Å². The van der Waals surface area contributed by atoms with Crippen molar-refractivity contribution in [1.82, 2.24) is 4.90 Å². The number of nitrogens with two attached hydrogens (primary N) is 1. The van der Waals surface area contributed by atoms with Crippen molar-refractivity contribution in [2.75, 3.05) is 20.2 Å². The van der Waals surface area contributed by atoms with Gasteiger partial charge in [0.1, 0.15) is 5.54 Å². The summed E-state index contributed by atoms with van der Waals surface area (Å²) in [6, 6.07) is -0.0766. The van der Waals surface area contributed by atoms with Gasteiger partial charge in [-0.05, 0) is 13.3 Å².